The lowest BCUT2D eigenvalue weighted by Gasteiger charge is -2.32. The highest BCUT2D eigenvalue weighted by Crippen LogP contribution is 2.31. The predicted octanol–water partition coefficient (Wildman–Crippen LogP) is 5.05. The minimum Gasteiger partial charge on any atom is -0.313 e. The zero-order valence-electron chi connectivity index (χ0n) is 19.9. The van der Waals surface area contributed by atoms with Crippen molar-refractivity contribution in [3.05, 3.63) is 101 Å². The Bertz CT molecular complexity index is 1310. The molecule has 2 atom stereocenters. The number of benzene rings is 3. The fourth-order valence-electron chi connectivity index (χ4n) is 4.32. The highest BCUT2D eigenvalue weighted by molar-refractivity contribution is 7.89. The molecule has 204 valence electrons. The minimum absolute atomic E-state index is 0.0419. The smallest absolute Gasteiger partial charge is 0.313 e. The Labute approximate surface area is 216 Å². The number of sulfonamides is 1. The molecule has 1 heterocycles. The van der Waals surface area contributed by atoms with E-state index in [9.17, 15) is 34.8 Å². The van der Waals surface area contributed by atoms with Gasteiger partial charge < -0.3 is 10.6 Å². The summed E-state index contributed by atoms with van der Waals surface area (Å²) in [5, 5.41) is 6.37. The highest BCUT2D eigenvalue weighted by atomic mass is 32.2. The summed E-state index contributed by atoms with van der Waals surface area (Å²) >= 11 is 0. The van der Waals surface area contributed by atoms with Crippen molar-refractivity contribution < 1.29 is 34.8 Å². The number of rotatable bonds is 8. The van der Waals surface area contributed by atoms with Crippen LogP contribution in [0, 0.1) is 0 Å². The number of alkyl halides is 6. The maximum atomic E-state index is 13.7. The van der Waals surface area contributed by atoms with Crippen LogP contribution in [0.15, 0.2) is 83.8 Å². The van der Waals surface area contributed by atoms with Crippen molar-refractivity contribution in [2.75, 3.05) is 13.1 Å². The molecular formula is C26H25F6N3O2S. The van der Waals surface area contributed by atoms with Gasteiger partial charge >= 0.3 is 12.4 Å². The van der Waals surface area contributed by atoms with Crippen LogP contribution in [0.3, 0.4) is 0 Å². The molecular weight excluding hydrogens is 532 g/mol. The van der Waals surface area contributed by atoms with Crippen LogP contribution in [0.1, 0.15) is 22.3 Å². The summed E-state index contributed by atoms with van der Waals surface area (Å²) in [6.07, 6.45) is -8.96. The minimum atomic E-state index is -4.52. The topological polar surface area (TPSA) is 61.4 Å². The van der Waals surface area contributed by atoms with Gasteiger partial charge in [-0.25, -0.2) is 8.42 Å². The lowest BCUT2D eigenvalue weighted by molar-refractivity contribution is -0.138. The van der Waals surface area contributed by atoms with Gasteiger partial charge in [0.1, 0.15) is 0 Å². The van der Waals surface area contributed by atoms with E-state index in [4.69, 9.17) is 0 Å². The van der Waals surface area contributed by atoms with Crippen LogP contribution in [0.4, 0.5) is 26.3 Å². The molecule has 1 saturated heterocycles. The number of hydrogen-bond acceptors (Lipinski definition) is 4. The highest BCUT2D eigenvalue weighted by Gasteiger charge is 2.39. The Morgan fingerprint density at radius 3 is 1.82 bits per heavy atom. The Balaban J connectivity index is 1.58. The van der Waals surface area contributed by atoms with Crippen LogP contribution in [-0.2, 0) is 35.5 Å². The molecule has 0 amide bonds. The molecule has 38 heavy (non-hydrogen) atoms. The van der Waals surface area contributed by atoms with Gasteiger partial charge in [0.05, 0.1) is 22.1 Å². The van der Waals surface area contributed by atoms with Gasteiger partial charge in [0.15, 0.2) is 0 Å². The van der Waals surface area contributed by atoms with E-state index in [-0.39, 0.29) is 24.5 Å². The fourth-order valence-corrected chi connectivity index (χ4v) is 5.99. The molecule has 0 aromatic heterocycles. The SMILES string of the molecule is O=S(=O)(c1ccccc1)N(Cc1ccc(C(F)(F)F)cc1)[C@H]1CNC[C@@H]1NCc1ccc(C(F)(F)F)cc1. The van der Waals surface area contributed by atoms with Gasteiger partial charge in [-0.15, -0.1) is 0 Å². The zero-order chi connectivity index (χ0) is 27.6. The molecule has 0 unspecified atom stereocenters. The van der Waals surface area contributed by atoms with Gasteiger partial charge in [-0.05, 0) is 47.5 Å². The van der Waals surface area contributed by atoms with Gasteiger partial charge in [-0.3, -0.25) is 0 Å². The lowest BCUT2D eigenvalue weighted by Crippen LogP contribution is -2.51. The molecule has 12 heteroatoms. The van der Waals surface area contributed by atoms with Crippen LogP contribution in [-0.4, -0.2) is 37.9 Å². The summed E-state index contributed by atoms with van der Waals surface area (Å²) in [5.41, 5.74) is -0.634. The van der Waals surface area contributed by atoms with Gasteiger partial charge in [0.2, 0.25) is 10.0 Å². The number of nitrogens with one attached hydrogen (secondary N) is 2. The molecule has 3 aromatic rings. The van der Waals surface area contributed by atoms with Gasteiger partial charge in [-0.1, -0.05) is 42.5 Å². The summed E-state index contributed by atoms with van der Waals surface area (Å²) in [7, 11) is -4.05. The Morgan fingerprint density at radius 2 is 1.29 bits per heavy atom. The molecule has 1 fully saturated rings. The third-order valence-corrected chi connectivity index (χ3v) is 8.26. The second-order valence-electron chi connectivity index (χ2n) is 8.97. The third kappa shape index (κ3) is 6.55. The number of nitrogens with zero attached hydrogens (tertiary/aromatic N) is 1. The first-order valence-corrected chi connectivity index (χ1v) is 13.1. The molecule has 3 aromatic carbocycles. The first-order valence-electron chi connectivity index (χ1n) is 11.7. The average Bonchev–Trinajstić information content (AvgIpc) is 3.34. The molecule has 1 aliphatic heterocycles. The second kappa shape index (κ2) is 11.0. The molecule has 2 N–H and O–H groups in total. The predicted molar refractivity (Wildman–Crippen MR) is 129 cm³/mol. The molecule has 0 radical (unpaired) electrons. The van der Waals surface area contributed by atoms with E-state index in [1.807, 2.05) is 0 Å². The molecule has 0 bridgehead atoms. The Morgan fingerprint density at radius 1 is 0.763 bits per heavy atom. The van der Waals surface area contributed by atoms with E-state index in [0.717, 1.165) is 24.3 Å². The summed E-state index contributed by atoms with van der Waals surface area (Å²) in [5.74, 6) is 0. The molecule has 1 aliphatic rings. The summed E-state index contributed by atoms with van der Waals surface area (Å²) in [6, 6.07) is 15.7. The van der Waals surface area contributed by atoms with Crippen molar-refractivity contribution >= 4 is 10.0 Å². The van der Waals surface area contributed by atoms with Crippen LogP contribution >= 0.6 is 0 Å². The van der Waals surface area contributed by atoms with Crippen molar-refractivity contribution in [2.24, 2.45) is 0 Å². The Hall–Kier alpha value is -2.93. The van der Waals surface area contributed by atoms with Crippen LogP contribution in [0.5, 0.6) is 0 Å². The van der Waals surface area contributed by atoms with E-state index in [2.05, 4.69) is 10.6 Å². The van der Waals surface area contributed by atoms with Gasteiger partial charge in [0.25, 0.3) is 0 Å². The average molecular weight is 558 g/mol. The second-order valence-corrected chi connectivity index (χ2v) is 10.9. The normalized spacial score (nSPS) is 18.7. The number of halogens is 6. The summed E-state index contributed by atoms with van der Waals surface area (Å²) in [6.45, 7) is 0.692. The van der Waals surface area contributed by atoms with Crippen molar-refractivity contribution in [3.63, 3.8) is 0 Å². The van der Waals surface area contributed by atoms with E-state index in [1.54, 1.807) is 18.2 Å². The van der Waals surface area contributed by atoms with Crippen molar-refractivity contribution in [1.29, 1.82) is 0 Å². The zero-order valence-corrected chi connectivity index (χ0v) is 20.7. The van der Waals surface area contributed by atoms with Gasteiger partial charge in [0, 0.05) is 32.2 Å². The van der Waals surface area contributed by atoms with Crippen LogP contribution < -0.4 is 10.6 Å². The standard InChI is InChI=1S/C26H25F6N3O2S/c27-25(28,29)20-10-6-18(7-11-20)14-34-23-15-33-16-24(23)35(38(36,37)22-4-2-1-3-5-22)17-19-8-12-21(13-9-19)26(30,31)32/h1-13,23-24,33-34H,14-17H2/t23-,24-/m0/s1. The van der Waals surface area contributed by atoms with E-state index in [1.165, 1.54) is 40.7 Å². The number of hydrogen-bond donors (Lipinski definition) is 2. The summed E-state index contributed by atoms with van der Waals surface area (Å²) < 4.78 is 106. The molecule has 0 aliphatic carbocycles. The van der Waals surface area contributed by atoms with Gasteiger partial charge in [-0.2, -0.15) is 30.6 Å². The molecule has 4 rings (SSSR count). The van der Waals surface area contributed by atoms with E-state index >= 15 is 0 Å². The Kier molecular flexibility index (Phi) is 8.17. The van der Waals surface area contributed by atoms with Crippen molar-refractivity contribution in [1.82, 2.24) is 14.9 Å². The van der Waals surface area contributed by atoms with E-state index in [0.29, 0.717) is 17.7 Å². The summed E-state index contributed by atoms with van der Waals surface area (Å²) in [4.78, 5) is 0.0419. The fraction of sp³-hybridized carbons (Fsp3) is 0.308. The van der Waals surface area contributed by atoms with Crippen molar-refractivity contribution in [2.45, 2.75) is 42.4 Å². The van der Waals surface area contributed by atoms with Crippen LogP contribution in [0.2, 0.25) is 0 Å². The van der Waals surface area contributed by atoms with E-state index < -0.39 is 45.6 Å². The third-order valence-electron chi connectivity index (χ3n) is 6.37. The molecule has 0 spiro atoms. The quantitative estimate of drug-likeness (QED) is 0.381. The maximum absolute atomic E-state index is 13.7. The maximum Gasteiger partial charge on any atom is 0.416 e. The first-order chi connectivity index (χ1) is 17.9. The van der Waals surface area contributed by atoms with Crippen LogP contribution in [0.25, 0.3) is 0 Å². The monoisotopic (exact) mass is 557 g/mol. The molecule has 5 nitrogen and oxygen atoms in total. The first kappa shape index (κ1) is 28.1. The molecule has 0 saturated carbocycles. The van der Waals surface area contributed by atoms with Crippen molar-refractivity contribution in [3.8, 4) is 0 Å². The largest absolute Gasteiger partial charge is 0.416 e. The lowest BCUT2D eigenvalue weighted by atomic mass is 10.1.